The van der Waals surface area contributed by atoms with Gasteiger partial charge in [0, 0.05) is 24.6 Å². The summed E-state index contributed by atoms with van der Waals surface area (Å²) in [5, 5.41) is 13.4. The SMILES string of the molecule is CC[C@@H]1C[C@H](C)CCC=C[C@@H]2C[C@@]2(C(=O)NS(=O)(=O)C2CC2)NC(=O)[C@@H]2C[C@@H](Oc3ncc(OC)c4ccc(F)cc34)CN2C(=O)[C@H]1N(C(=O)O)C(C)(C)C(C)(F)F. The summed E-state index contributed by atoms with van der Waals surface area (Å²) in [7, 11) is -2.60. The number of ether oxygens (including phenoxy) is 2. The van der Waals surface area contributed by atoms with Gasteiger partial charge in [-0.15, -0.1) is 0 Å². The van der Waals surface area contributed by atoms with Crippen molar-refractivity contribution >= 4 is 44.6 Å². The zero-order valence-electron chi connectivity index (χ0n) is 33.5. The summed E-state index contributed by atoms with van der Waals surface area (Å²) >= 11 is 0. The molecule has 2 aliphatic heterocycles. The molecule has 3 N–H and O–H groups in total. The van der Waals surface area contributed by atoms with Crippen LogP contribution in [0.15, 0.2) is 36.5 Å². The van der Waals surface area contributed by atoms with Gasteiger partial charge in [0.25, 0.3) is 11.8 Å². The number of hydrogen-bond acceptors (Lipinski definition) is 9. The lowest BCUT2D eigenvalue weighted by molar-refractivity contribution is -0.157. The lowest BCUT2D eigenvalue weighted by Gasteiger charge is -2.47. The van der Waals surface area contributed by atoms with E-state index in [0.29, 0.717) is 48.6 Å². The van der Waals surface area contributed by atoms with Crippen LogP contribution in [0.5, 0.6) is 11.6 Å². The second kappa shape index (κ2) is 15.9. The van der Waals surface area contributed by atoms with Crippen LogP contribution in [-0.4, -0.2) is 106 Å². The molecule has 0 bridgehead atoms. The number of carbonyl (C=O) groups excluding carboxylic acids is 3. The highest BCUT2D eigenvalue weighted by molar-refractivity contribution is 7.91. The second-order valence-electron chi connectivity index (χ2n) is 16.8. The number of fused-ring (bicyclic) bond motifs is 3. The normalized spacial score (nSPS) is 28.4. The van der Waals surface area contributed by atoms with Crippen LogP contribution in [0, 0.1) is 23.6 Å². The van der Waals surface area contributed by atoms with Crippen LogP contribution < -0.4 is 19.5 Å². The zero-order valence-corrected chi connectivity index (χ0v) is 34.3. The predicted octanol–water partition coefficient (Wildman–Crippen LogP) is 5.40. The van der Waals surface area contributed by atoms with Crippen LogP contribution in [0.4, 0.5) is 18.0 Å². The fourth-order valence-electron chi connectivity index (χ4n) is 8.33. The van der Waals surface area contributed by atoms with Gasteiger partial charge >= 0.3 is 6.09 Å². The number of hydrogen-bond donors (Lipinski definition) is 3. The van der Waals surface area contributed by atoms with Crippen LogP contribution in [0.1, 0.15) is 86.0 Å². The number of benzene rings is 1. The molecule has 1 aromatic carbocycles. The topological polar surface area (TPSA) is 185 Å². The Kier molecular flexibility index (Phi) is 11.8. The molecular weight excluding hydrogens is 784 g/mol. The van der Waals surface area contributed by atoms with Crippen molar-refractivity contribution in [1.29, 1.82) is 0 Å². The standard InChI is InChI=1S/C40H52F3N5O9S/c1-7-23-16-22(2)10-8-9-11-24-19-40(24,36(51)46-58(54,55)27-13-14-27)45-33(49)30-18-26(57-34-29-17-25(41)12-15-28(29)31(56-6)20-44-34)21-47(30)35(50)32(23)48(37(52)53)38(3,4)39(5,42)43/h9,11-12,15,17,20,22-24,26-27,30,32H,7-8,10,13-14,16,18-19,21H2,1-6H3,(H,45,49)(H,46,51)(H,52,53)/t22-,23-,24-,26-,30+,32+,40-/m1/s1. The van der Waals surface area contributed by atoms with Gasteiger partial charge in [-0.25, -0.2) is 31.4 Å². The van der Waals surface area contributed by atoms with Crippen molar-refractivity contribution in [2.75, 3.05) is 13.7 Å². The van der Waals surface area contributed by atoms with Gasteiger partial charge in [0.1, 0.15) is 40.8 Å². The Bertz CT molecular complexity index is 2090. The summed E-state index contributed by atoms with van der Waals surface area (Å²) in [6.07, 6.45) is 4.37. The Morgan fingerprint density at radius 1 is 1.14 bits per heavy atom. The largest absolute Gasteiger partial charge is 0.494 e. The van der Waals surface area contributed by atoms with Crippen molar-refractivity contribution in [2.24, 2.45) is 17.8 Å². The molecular formula is C40H52F3N5O9S. The fourth-order valence-corrected chi connectivity index (χ4v) is 9.69. The smallest absolute Gasteiger partial charge is 0.408 e. The Balaban J connectivity index is 1.45. The first kappa shape index (κ1) is 43.0. The van der Waals surface area contributed by atoms with Gasteiger partial charge in [-0.1, -0.05) is 32.4 Å². The van der Waals surface area contributed by atoms with Gasteiger partial charge in [-0.05, 0) is 82.4 Å². The summed E-state index contributed by atoms with van der Waals surface area (Å²) in [4.78, 5) is 62.7. The molecule has 3 fully saturated rings. The number of allylic oxidation sites excluding steroid dienone is 1. The lowest BCUT2D eigenvalue weighted by atomic mass is 9.81. The van der Waals surface area contributed by atoms with E-state index in [9.17, 15) is 32.3 Å². The number of carboxylic acid groups (broad SMARTS) is 1. The van der Waals surface area contributed by atoms with E-state index < -0.39 is 91.9 Å². The summed E-state index contributed by atoms with van der Waals surface area (Å²) in [6.45, 7) is 6.00. The van der Waals surface area contributed by atoms with Crippen LogP contribution in [0.2, 0.25) is 0 Å². The Morgan fingerprint density at radius 3 is 2.47 bits per heavy atom. The van der Waals surface area contributed by atoms with E-state index in [1.165, 1.54) is 31.5 Å². The average molecular weight is 836 g/mol. The minimum atomic E-state index is -4.02. The van der Waals surface area contributed by atoms with E-state index in [1.807, 2.05) is 13.0 Å². The number of nitrogens with zero attached hydrogens (tertiary/aromatic N) is 3. The number of sulfonamides is 1. The predicted molar refractivity (Wildman–Crippen MR) is 206 cm³/mol. The Hall–Kier alpha value is -4.61. The van der Waals surface area contributed by atoms with E-state index in [2.05, 4.69) is 15.0 Å². The minimum absolute atomic E-state index is 0.0554. The Labute approximate surface area is 335 Å². The number of rotatable bonds is 10. The van der Waals surface area contributed by atoms with E-state index >= 15 is 13.6 Å². The maximum Gasteiger partial charge on any atom is 0.408 e. The van der Waals surface area contributed by atoms with E-state index in [0.717, 1.165) is 18.7 Å². The maximum atomic E-state index is 15.4. The van der Waals surface area contributed by atoms with Gasteiger partial charge in [0.2, 0.25) is 27.7 Å². The van der Waals surface area contributed by atoms with Gasteiger partial charge in [0.05, 0.1) is 30.5 Å². The highest BCUT2D eigenvalue weighted by atomic mass is 32.2. The molecule has 3 heterocycles. The highest BCUT2D eigenvalue weighted by Gasteiger charge is 2.63. The third-order valence-corrected chi connectivity index (χ3v) is 14.2. The number of nitrogens with one attached hydrogen (secondary N) is 2. The number of carbonyl (C=O) groups is 4. The van der Waals surface area contributed by atoms with Crippen LogP contribution >= 0.6 is 0 Å². The fraction of sp³-hybridized carbons (Fsp3) is 0.625. The van der Waals surface area contributed by atoms with E-state index in [4.69, 9.17) is 9.47 Å². The number of halogens is 3. The van der Waals surface area contributed by atoms with Crippen molar-refractivity contribution in [2.45, 2.75) is 126 Å². The molecule has 1 saturated heterocycles. The monoisotopic (exact) mass is 835 g/mol. The van der Waals surface area contributed by atoms with Crippen LogP contribution in [-0.2, 0) is 24.4 Å². The van der Waals surface area contributed by atoms with Crippen LogP contribution in [0.25, 0.3) is 10.8 Å². The highest BCUT2D eigenvalue weighted by Crippen LogP contribution is 2.47. The summed E-state index contributed by atoms with van der Waals surface area (Å²) in [6, 6.07) is 0.754. The number of amides is 4. The van der Waals surface area contributed by atoms with Gasteiger partial charge in [-0.2, -0.15) is 0 Å². The van der Waals surface area contributed by atoms with Crippen molar-refractivity contribution in [3.05, 3.63) is 42.4 Å². The first-order valence-electron chi connectivity index (χ1n) is 19.7. The van der Waals surface area contributed by atoms with E-state index in [1.54, 1.807) is 13.0 Å². The molecule has 7 atom stereocenters. The molecule has 2 aromatic rings. The number of aromatic nitrogens is 1. The molecule has 2 saturated carbocycles. The maximum absolute atomic E-state index is 15.4. The van der Waals surface area contributed by atoms with Crippen molar-refractivity contribution in [3.8, 4) is 11.6 Å². The molecule has 14 nitrogen and oxygen atoms in total. The molecule has 4 aliphatic rings. The van der Waals surface area contributed by atoms with Crippen molar-refractivity contribution < 1.29 is 55.3 Å². The third-order valence-electron chi connectivity index (χ3n) is 12.4. The quantitative estimate of drug-likeness (QED) is 0.262. The zero-order chi connectivity index (χ0) is 42.5. The average Bonchev–Trinajstić information content (AvgIpc) is 4.07. The van der Waals surface area contributed by atoms with E-state index in [-0.39, 0.29) is 49.4 Å². The van der Waals surface area contributed by atoms with Crippen molar-refractivity contribution in [1.82, 2.24) is 24.8 Å². The minimum Gasteiger partial charge on any atom is -0.494 e. The summed E-state index contributed by atoms with van der Waals surface area (Å²) in [5.41, 5.74) is -4.09. The molecule has 0 radical (unpaired) electrons. The van der Waals surface area contributed by atoms with Gasteiger partial charge in [0.15, 0.2) is 0 Å². The molecule has 0 unspecified atom stereocenters. The third kappa shape index (κ3) is 8.30. The molecule has 58 heavy (non-hydrogen) atoms. The molecule has 4 amide bonds. The lowest BCUT2D eigenvalue weighted by Crippen LogP contribution is -2.67. The molecule has 2 aliphatic carbocycles. The first-order valence-corrected chi connectivity index (χ1v) is 21.2. The molecule has 318 valence electrons. The van der Waals surface area contributed by atoms with Crippen molar-refractivity contribution in [3.63, 3.8) is 0 Å². The van der Waals surface area contributed by atoms with Crippen LogP contribution in [0.3, 0.4) is 0 Å². The second-order valence-corrected chi connectivity index (χ2v) is 18.8. The summed E-state index contributed by atoms with van der Waals surface area (Å²) in [5.74, 6) is -8.13. The number of methoxy groups -OCH3 is 1. The molecule has 18 heteroatoms. The Morgan fingerprint density at radius 2 is 1.84 bits per heavy atom. The molecule has 6 rings (SSSR count). The van der Waals surface area contributed by atoms with Gasteiger partial charge < -0.3 is 24.8 Å². The number of pyridine rings is 1. The molecule has 1 aromatic heterocycles. The summed E-state index contributed by atoms with van der Waals surface area (Å²) < 4.78 is 85.1. The first-order chi connectivity index (χ1) is 27.1. The molecule has 0 spiro atoms. The number of alkyl halides is 2. The van der Waals surface area contributed by atoms with Gasteiger partial charge in [-0.3, -0.25) is 24.0 Å².